The lowest BCUT2D eigenvalue weighted by Gasteiger charge is -2.39. The van der Waals surface area contributed by atoms with Crippen molar-refractivity contribution in [2.45, 2.75) is 38.1 Å². The van der Waals surface area contributed by atoms with Crippen molar-refractivity contribution in [3.63, 3.8) is 0 Å². The molecule has 1 aliphatic rings. The predicted molar refractivity (Wildman–Crippen MR) is 108 cm³/mol. The molecule has 1 unspecified atom stereocenters. The van der Waals surface area contributed by atoms with E-state index in [9.17, 15) is 19.7 Å². The second kappa shape index (κ2) is 9.09. The van der Waals surface area contributed by atoms with E-state index >= 15 is 0 Å². The summed E-state index contributed by atoms with van der Waals surface area (Å²) in [5.41, 5.74) is 1.07. The van der Waals surface area contributed by atoms with Crippen molar-refractivity contribution in [3.8, 4) is 5.75 Å². The third kappa shape index (κ3) is 5.25. The van der Waals surface area contributed by atoms with Crippen LogP contribution in [0.3, 0.4) is 0 Å². The van der Waals surface area contributed by atoms with E-state index in [1.807, 2.05) is 27.2 Å². The molecule has 1 aromatic rings. The SMILES string of the molecule is CC1=CN(C)C(C)(SCC(=O)CCCC(=O)Oc2ccc([N+](=O)[O-])cc2)N1C. The first-order chi connectivity index (χ1) is 13.1. The van der Waals surface area contributed by atoms with Crippen molar-refractivity contribution < 1.29 is 19.2 Å². The third-order valence-electron chi connectivity index (χ3n) is 4.81. The number of ketones is 1. The summed E-state index contributed by atoms with van der Waals surface area (Å²) in [5.74, 6) is 0.238. The highest BCUT2D eigenvalue weighted by atomic mass is 32.2. The Labute approximate surface area is 168 Å². The third-order valence-corrected chi connectivity index (χ3v) is 6.38. The predicted octanol–water partition coefficient (Wildman–Crippen LogP) is 3.39. The van der Waals surface area contributed by atoms with Crippen molar-refractivity contribution in [1.29, 1.82) is 0 Å². The quantitative estimate of drug-likeness (QED) is 0.266. The number of carbonyl (C=O) groups is 2. The Kier molecular flexibility index (Phi) is 7.06. The fourth-order valence-electron chi connectivity index (χ4n) is 2.79. The molecular weight excluding hydrogens is 382 g/mol. The van der Waals surface area contributed by atoms with Crippen LogP contribution in [0, 0.1) is 10.1 Å². The van der Waals surface area contributed by atoms with Gasteiger partial charge in [-0.25, -0.2) is 0 Å². The number of nitro benzene ring substituents is 1. The van der Waals surface area contributed by atoms with Crippen molar-refractivity contribution >= 4 is 29.2 Å². The molecule has 8 nitrogen and oxygen atoms in total. The van der Waals surface area contributed by atoms with E-state index in [0.717, 1.165) is 5.70 Å². The summed E-state index contributed by atoms with van der Waals surface area (Å²) >= 11 is 1.56. The van der Waals surface area contributed by atoms with Crippen LogP contribution in [0.4, 0.5) is 5.69 Å². The average molecular weight is 407 g/mol. The average Bonchev–Trinajstić information content (AvgIpc) is 2.83. The Morgan fingerprint density at radius 1 is 1.21 bits per heavy atom. The molecule has 0 bridgehead atoms. The lowest BCUT2D eigenvalue weighted by molar-refractivity contribution is -0.384. The van der Waals surface area contributed by atoms with E-state index in [1.165, 1.54) is 24.3 Å². The number of hydrogen-bond acceptors (Lipinski definition) is 8. The Morgan fingerprint density at radius 2 is 1.86 bits per heavy atom. The minimum atomic E-state index is -0.520. The second-order valence-corrected chi connectivity index (χ2v) is 8.13. The maximum absolute atomic E-state index is 12.2. The van der Waals surface area contributed by atoms with E-state index in [4.69, 9.17) is 4.74 Å². The number of thioether (sulfide) groups is 1. The normalized spacial score (nSPS) is 18.8. The monoisotopic (exact) mass is 407 g/mol. The smallest absolute Gasteiger partial charge is 0.311 e. The van der Waals surface area contributed by atoms with E-state index in [-0.39, 0.29) is 28.6 Å². The maximum Gasteiger partial charge on any atom is 0.311 e. The molecule has 28 heavy (non-hydrogen) atoms. The summed E-state index contributed by atoms with van der Waals surface area (Å²) in [5, 5.41) is 10.6. The van der Waals surface area contributed by atoms with Gasteiger partial charge < -0.3 is 14.5 Å². The maximum atomic E-state index is 12.2. The lowest BCUT2D eigenvalue weighted by atomic mass is 10.2. The molecule has 0 aromatic heterocycles. The van der Waals surface area contributed by atoms with E-state index < -0.39 is 10.9 Å². The molecule has 0 aliphatic carbocycles. The van der Waals surface area contributed by atoms with Crippen molar-refractivity contribution in [2.75, 3.05) is 19.8 Å². The second-order valence-electron chi connectivity index (χ2n) is 6.78. The number of rotatable bonds is 9. The molecule has 1 aliphatic heterocycles. The first-order valence-electron chi connectivity index (χ1n) is 8.89. The summed E-state index contributed by atoms with van der Waals surface area (Å²) in [7, 11) is 3.99. The van der Waals surface area contributed by atoms with Crippen LogP contribution in [0.2, 0.25) is 0 Å². The zero-order valence-electron chi connectivity index (χ0n) is 16.5. The van der Waals surface area contributed by atoms with Crippen LogP contribution in [-0.4, -0.2) is 51.3 Å². The molecule has 0 saturated heterocycles. The van der Waals surface area contributed by atoms with Crippen LogP contribution in [-0.2, 0) is 9.59 Å². The van der Waals surface area contributed by atoms with Gasteiger partial charge in [-0.05, 0) is 32.4 Å². The zero-order chi connectivity index (χ0) is 20.9. The number of nitro groups is 1. The number of benzene rings is 1. The van der Waals surface area contributed by atoms with Crippen LogP contribution in [0.1, 0.15) is 33.1 Å². The Balaban J connectivity index is 1.70. The molecule has 0 N–H and O–H groups in total. The van der Waals surface area contributed by atoms with E-state index in [0.29, 0.717) is 18.6 Å². The van der Waals surface area contributed by atoms with Gasteiger partial charge in [0.2, 0.25) is 0 Å². The summed E-state index contributed by atoms with van der Waals surface area (Å²) in [6, 6.07) is 5.31. The molecule has 0 radical (unpaired) electrons. The fraction of sp³-hybridized carbons (Fsp3) is 0.474. The van der Waals surface area contributed by atoms with Crippen LogP contribution in [0.15, 0.2) is 36.2 Å². The van der Waals surface area contributed by atoms with Gasteiger partial charge >= 0.3 is 5.97 Å². The van der Waals surface area contributed by atoms with Gasteiger partial charge in [-0.2, -0.15) is 0 Å². The Morgan fingerprint density at radius 3 is 2.39 bits per heavy atom. The van der Waals surface area contributed by atoms with Crippen molar-refractivity contribution in [3.05, 3.63) is 46.3 Å². The van der Waals surface area contributed by atoms with Gasteiger partial charge in [-0.1, -0.05) is 0 Å². The van der Waals surface area contributed by atoms with Crippen molar-refractivity contribution in [2.24, 2.45) is 0 Å². The standard InChI is InChI=1S/C19H25N3O5S/c1-14-12-20(3)19(2,21(14)4)28-13-16(23)6-5-7-18(24)27-17-10-8-15(9-11-17)22(25)26/h8-12H,5-7,13H2,1-4H3. The topological polar surface area (TPSA) is 93.0 Å². The highest BCUT2D eigenvalue weighted by Gasteiger charge is 2.38. The molecule has 1 heterocycles. The number of hydrogen-bond donors (Lipinski definition) is 0. The van der Waals surface area contributed by atoms with Gasteiger partial charge in [-0.15, -0.1) is 11.8 Å². The molecule has 2 rings (SSSR count). The molecule has 0 amide bonds. The Bertz CT molecular complexity index is 780. The van der Waals surface area contributed by atoms with E-state index in [2.05, 4.69) is 16.7 Å². The molecule has 9 heteroatoms. The number of nitrogens with zero attached hydrogens (tertiary/aromatic N) is 3. The highest BCUT2D eigenvalue weighted by Crippen LogP contribution is 2.38. The van der Waals surface area contributed by atoms with E-state index in [1.54, 1.807) is 11.8 Å². The number of carbonyl (C=O) groups excluding carboxylic acids is 2. The zero-order valence-corrected chi connectivity index (χ0v) is 17.3. The number of Topliss-reactive ketones (excluding diaryl/α,β-unsaturated/α-hetero) is 1. The van der Waals surface area contributed by atoms with Gasteiger partial charge in [0.05, 0.1) is 10.7 Å². The van der Waals surface area contributed by atoms with Crippen LogP contribution in [0.25, 0.3) is 0 Å². The summed E-state index contributed by atoms with van der Waals surface area (Å²) in [6.45, 7) is 4.10. The molecular formula is C19H25N3O5S. The van der Waals surface area contributed by atoms with Gasteiger partial charge in [0.1, 0.15) is 11.5 Å². The summed E-state index contributed by atoms with van der Waals surface area (Å²) < 4.78 is 5.13. The minimum absolute atomic E-state index is 0.0689. The first-order valence-corrected chi connectivity index (χ1v) is 9.88. The Hall–Kier alpha value is -2.55. The highest BCUT2D eigenvalue weighted by molar-refractivity contribution is 8.01. The minimum Gasteiger partial charge on any atom is -0.427 e. The molecule has 0 spiro atoms. The molecule has 0 fully saturated rings. The molecule has 1 atom stereocenters. The largest absolute Gasteiger partial charge is 0.427 e. The summed E-state index contributed by atoms with van der Waals surface area (Å²) in [4.78, 5) is 38.1. The number of allylic oxidation sites excluding steroid dienone is 1. The van der Waals surface area contributed by atoms with Gasteiger partial charge in [-0.3, -0.25) is 19.7 Å². The molecule has 1 aromatic carbocycles. The fourth-order valence-corrected chi connectivity index (χ4v) is 3.96. The molecule has 152 valence electrons. The number of ether oxygens (including phenoxy) is 1. The number of esters is 1. The van der Waals surface area contributed by atoms with Crippen molar-refractivity contribution in [1.82, 2.24) is 9.80 Å². The van der Waals surface area contributed by atoms with Gasteiger partial charge in [0, 0.05) is 51.0 Å². The van der Waals surface area contributed by atoms with Crippen LogP contribution < -0.4 is 4.74 Å². The summed E-state index contributed by atoms with van der Waals surface area (Å²) in [6.07, 6.45) is 2.87. The molecule has 0 saturated carbocycles. The van der Waals surface area contributed by atoms with Gasteiger partial charge in [0.25, 0.3) is 5.69 Å². The lowest BCUT2D eigenvalue weighted by Crippen LogP contribution is -2.45. The van der Waals surface area contributed by atoms with Crippen LogP contribution >= 0.6 is 11.8 Å². The van der Waals surface area contributed by atoms with Gasteiger partial charge in [0.15, 0.2) is 4.99 Å². The first kappa shape index (κ1) is 21.7. The number of non-ortho nitro benzene ring substituents is 1. The van der Waals surface area contributed by atoms with Crippen LogP contribution in [0.5, 0.6) is 5.75 Å².